The van der Waals surface area contributed by atoms with Gasteiger partial charge >= 0.3 is 5.97 Å². The predicted octanol–water partition coefficient (Wildman–Crippen LogP) is 2.05. The molecule has 1 aliphatic heterocycles. The summed E-state index contributed by atoms with van der Waals surface area (Å²) in [5, 5.41) is 2.49. The highest BCUT2D eigenvalue weighted by atomic mass is 35.5. The van der Waals surface area contributed by atoms with E-state index in [1.54, 1.807) is 0 Å². The molecule has 18 heavy (non-hydrogen) atoms. The first-order valence-corrected chi connectivity index (χ1v) is 6.78. The fourth-order valence-electron chi connectivity index (χ4n) is 1.76. The second-order valence-electron chi connectivity index (χ2n) is 3.84. The first kappa shape index (κ1) is 13.2. The number of methoxy groups -OCH3 is 1. The number of thioether (sulfide) groups is 1. The molecule has 1 atom stereocenters. The van der Waals surface area contributed by atoms with Crippen LogP contribution in [-0.4, -0.2) is 30.1 Å². The number of nitrogens with one attached hydrogen (secondary N) is 1. The van der Waals surface area contributed by atoms with Crippen molar-refractivity contribution in [3.05, 3.63) is 23.8 Å². The number of amides is 1. The second-order valence-corrected chi connectivity index (χ2v) is 5.35. The normalized spacial score (nSPS) is 17.1. The third-order valence-electron chi connectivity index (χ3n) is 2.61. The van der Waals surface area contributed by atoms with E-state index in [2.05, 4.69) is 5.32 Å². The molecule has 1 heterocycles. The highest BCUT2D eigenvalue weighted by molar-refractivity contribution is 8.01. The van der Waals surface area contributed by atoms with Gasteiger partial charge < -0.3 is 10.1 Å². The van der Waals surface area contributed by atoms with Crippen molar-refractivity contribution in [2.75, 3.05) is 18.3 Å². The number of ether oxygens (including phenoxy) is 1. The highest BCUT2D eigenvalue weighted by Gasteiger charge is 2.29. The Morgan fingerprint density at radius 1 is 1.56 bits per heavy atom. The lowest BCUT2D eigenvalue weighted by atomic mass is 10.1. The van der Waals surface area contributed by atoms with Crippen molar-refractivity contribution in [1.82, 2.24) is 0 Å². The Bertz CT molecular complexity index is 492. The molecule has 96 valence electrons. The van der Waals surface area contributed by atoms with E-state index in [4.69, 9.17) is 16.3 Å². The Balaban J connectivity index is 2.12. The minimum atomic E-state index is -0.246. The van der Waals surface area contributed by atoms with Gasteiger partial charge in [-0.3, -0.25) is 9.59 Å². The molecule has 2 rings (SSSR count). The third kappa shape index (κ3) is 2.79. The average molecular weight is 286 g/mol. The summed E-state index contributed by atoms with van der Waals surface area (Å²) in [6.45, 7) is 0. The average Bonchev–Trinajstić information content (AvgIpc) is 2.80. The number of carbonyl (C=O) groups is 2. The van der Waals surface area contributed by atoms with Crippen LogP contribution in [0.5, 0.6) is 0 Å². The molecule has 0 aliphatic carbocycles. The summed E-state index contributed by atoms with van der Waals surface area (Å²) in [5.74, 6) is -0.540. The van der Waals surface area contributed by atoms with E-state index in [1.807, 2.05) is 18.2 Å². The summed E-state index contributed by atoms with van der Waals surface area (Å²) in [7, 11) is 1.39. The van der Waals surface area contributed by atoms with Gasteiger partial charge in [-0.2, -0.15) is 0 Å². The van der Waals surface area contributed by atoms with Crippen LogP contribution in [0, 0.1) is 0 Å². The number of hydrogen-bond donors (Lipinski definition) is 1. The van der Waals surface area contributed by atoms with Crippen molar-refractivity contribution in [3.8, 4) is 0 Å². The van der Waals surface area contributed by atoms with Crippen LogP contribution in [0.3, 0.4) is 0 Å². The van der Waals surface area contributed by atoms with E-state index in [0.29, 0.717) is 12.1 Å². The van der Waals surface area contributed by atoms with Crippen molar-refractivity contribution in [1.29, 1.82) is 0 Å². The Labute approximate surface area is 114 Å². The van der Waals surface area contributed by atoms with Crippen LogP contribution >= 0.6 is 23.4 Å². The molecular weight excluding hydrogens is 274 g/mol. The van der Waals surface area contributed by atoms with E-state index in [0.717, 1.165) is 10.5 Å². The van der Waals surface area contributed by atoms with Gasteiger partial charge in [0, 0.05) is 10.6 Å². The summed E-state index contributed by atoms with van der Waals surface area (Å²) in [6.07, 6.45) is 0.663. The zero-order valence-corrected chi connectivity index (χ0v) is 11.3. The molecular formula is C12H12ClNO3S. The summed E-state index contributed by atoms with van der Waals surface area (Å²) in [5.41, 5.74) is 1.79. The molecule has 0 spiro atoms. The number of alkyl halides is 1. The zero-order valence-electron chi connectivity index (χ0n) is 9.73. The largest absolute Gasteiger partial charge is 0.468 e. The molecule has 6 heteroatoms. The lowest BCUT2D eigenvalue weighted by Crippen LogP contribution is -2.17. The molecule has 1 aromatic rings. The summed E-state index contributed by atoms with van der Waals surface area (Å²) < 4.78 is 4.73. The van der Waals surface area contributed by atoms with Gasteiger partial charge in [0.25, 0.3) is 0 Å². The monoisotopic (exact) mass is 285 g/mol. The van der Waals surface area contributed by atoms with Crippen molar-refractivity contribution in [2.24, 2.45) is 0 Å². The molecule has 1 aliphatic rings. The Morgan fingerprint density at radius 3 is 3.00 bits per heavy atom. The SMILES string of the molecule is COC(=O)C1Cc2ccc(NC(=O)CCl)cc2S1. The standard InChI is InChI=1S/C12H12ClNO3S/c1-17-12(16)10-4-7-2-3-8(5-9(7)18-10)14-11(15)6-13/h2-3,5,10H,4,6H2,1H3,(H,14,15). The van der Waals surface area contributed by atoms with Crippen LogP contribution in [0.4, 0.5) is 5.69 Å². The molecule has 0 saturated carbocycles. The highest BCUT2D eigenvalue weighted by Crippen LogP contribution is 2.38. The summed E-state index contributed by atoms with van der Waals surface area (Å²) >= 11 is 6.88. The van der Waals surface area contributed by atoms with Gasteiger partial charge in [-0.25, -0.2) is 0 Å². The maximum Gasteiger partial charge on any atom is 0.319 e. The lowest BCUT2D eigenvalue weighted by molar-refractivity contribution is -0.139. The van der Waals surface area contributed by atoms with Crippen molar-refractivity contribution in [2.45, 2.75) is 16.6 Å². The predicted molar refractivity (Wildman–Crippen MR) is 71.2 cm³/mol. The summed E-state index contributed by atoms with van der Waals surface area (Å²) in [6, 6.07) is 5.58. The molecule has 0 saturated heterocycles. The molecule has 1 unspecified atom stereocenters. The topological polar surface area (TPSA) is 55.4 Å². The minimum absolute atomic E-state index is 0.0744. The molecule has 4 nitrogen and oxygen atoms in total. The Hall–Kier alpha value is -1.20. The van der Waals surface area contributed by atoms with E-state index in [9.17, 15) is 9.59 Å². The van der Waals surface area contributed by atoms with Gasteiger partial charge in [-0.15, -0.1) is 23.4 Å². The van der Waals surface area contributed by atoms with Crippen LogP contribution in [-0.2, 0) is 20.7 Å². The second kappa shape index (κ2) is 5.63. The number of carbonyl (C=O) groups excluding carboxylic acids is 2. The van der Waals surface area contributed by atoms with Crippen LogP contribution in [0.25, 0.3) is 0 Å². The van der Waals surface area contributed by atoms with Crippen LogP contribution < -0.4 is 5.32 Å². The van der Waals surface area contributed by atoms with Crippen LogP contribution in [0.1, 0.15) is 5.56 Å². The zero-order chi connectivity index (χ0) is 13.1. The van der Waals surface area contributed by atoms with E-state index in [1.165, 1.54) is 18.9 Å². The fourth-order valence-corrected chi connectivity index (χ4v) is 3.09. The quantitative estimate of drug-likeness (QED) is 0.682. The maximum absolute atomic E-state index is 11.5. The molecule has 1 amide bonds. The molecule has 0 bridgehead atoms. The number of esters is 1. The van der Waals surface area contributed by atoms with Gasteiger partial charge in [-0.1, -0.05) is 6.07 Å². The number of benzene rings is 1. The lowest BCUT2D eigenvalue weighted by Gasteiger charge is -2.05. The van der Waals surface area contributed by atoms with Gasteiger partial charge in [-0.05, 0) is 24.1 Å². The van der Waals surface area contributed by atoms with Gasteiger partial charge in [0.1, 0.15) is 11.1 Å². The van der Waals surface area contributed by atoms with E-state index >= 15 is 0 Å². The smallest absolute Gasteiger partial charge is 0.319 e. The molecule has 0 aromatic heterocycles. The number of anilines is 1. The Morgan fingerprint density at radius 2 is 2.33 bits per heavy atom. The number of fused-ring (bicyclic) bond motifs is 1. The molecule has 0 radical (unpaired) electrons. The van der Waals surface area contributed by atoms with Gasteiger partial charge in [0.05, 0.1) is 7.11 Å². The van der Waals surface area contributed by atoms with Gasteiger partial charge in [0.2, 0.25) is 5.91 Å². The number of halogens is 1. The van der Waals surface area contributed by atoms with E-state index in [-0.39, 0.29) is 23.0 Å². The number of hydrogen-bond acceptors (Lipinski definition) is 4. The van der Waals surface area contributed by atoms with Crippen LogP contribution in [0.2, 0.25) is 0 Å². The van der Waals surface area contributed by atoms with Crippen molar-refractivity contribution in [3.63, 3.8) is 0 Å². The van der Waals surface area contributed by atoms with Crippen molar-refractivity contribution < 1.29 is 14.3 Å². The fraction of sp³-hybridized carbons (Fsp3) is 0.333. The first-order chi connectivity index (χ1) is 8.63. The first-order valence-electron chi connectivity index (χ1n) is 5.37. The maximum atomic E-state index is 11.5. The summed E-state index contributed by atoms with van der Waals surface area (Å²) in [4.78, 5) is 23.6. The molecule has 1 aromatic carbocycles. The third-order valence-corrected chi connectivity index (χ3v) is 4.13. The van der Waals surface area contributed by atoms with E-state index < -0.39 is 0 Å². The molecule has 1 N–H and O–H groups in total. The number of rotatable bonds is 3. The molecule has 0 fully saturated rings. The van der Waals surface area contributed by atoms with Crippen LogP contribution in [0.15, 0.2) is 23.1 Å². The Kier molecular flexibility index (Phi) is 4.14. The minimum Gasteiger partial charge on any atom is -0.468 e. The van der Waals surface area contributed by atoms with Crippen molar-refractivity contribution >= 4 is 40.9 Å². The van der Waals surface area contributed by atoms with Gasteiger partial charge in [0.15, 0.2) is 0 Å².